The number of amides is 2. The number of carbonyl (C=O) groups excluding carboxylic acids is 1. The molecule has 0 aliphatic heterocycles. The van der Waals surface area contributed by atoms with Gasteiger partial charge in [-0.2, -0.15) is 0 Å². The molecule has 0 aliphatic carbocycles. The molecule has 2 amide bonds. The standard InChI is InChI=1S/C11H18N2O3/c1-11(2,15)8-13(3)10(14)12-7-9-5-4-6-16-9/h4-6,15H,7-8H2,1-3H3,(H,12,14). The van der Waals surface area contributed by atoms with E-state index in [0.29, 0.717) is 12.3 Å². The number of aliphatic hydroxyl groups is 1. The first-order valence-corrected chi connectivity index (χ1v) is 5.12. The van der Waals surface area contributed by atoms with Crippen molar-refractivity contribution in [3.63, 3.8) is 0 Å². The minimum Gasteiger partial charge on any atom is -0.467 e. The molecule has 1 heterocycles. The van der Waals surface area contributed by atoms with Crippen molar-refractivity contribution in [2.75, 3.05) is 13.6 Å². The van der Waals surface area contributed by atoms with E-state index in [9.17, 15) is 9.90 Å². The summed E-state index contributed by atoms with van der Waals surface area (Å²) >= 11 is 0. The molecule has 0 fully saturated rings. The Morgan fingerprint density at radius 2 is 2.31 bits per heavy atom. The summed E-state index contributed by atoms with van der Waals surface area (Å²) in [4.78, 5) is 13.0. The van der Waals surface area contributed by atoms with Gasteiger partial charge in [-0.3, -0.25) is 0 Å². The van der Waals surface area contributed by atoms with E-state index in [1.165, 1.54) is 4.90 Å². The van der Waals surface area contributed by atoms with Crippen LogP contribution in [0.2, 0.25) is 0 Å². The monoisotopic (exact) mass is 226 g/mol. The molecule has 5 heteroatoms. The number of hydrogen-bond donors (Lipinski definition) is 2. The van der Waals surface area contributed by atoms with E-state index in [4.69, 9.17) is 4.42 Å². The van der Waals surface area contributed by atoms with Gasteiger partial charge in [0.05, 0.1) is 25.0 Å². The maximum atomic E-state index is 11.6. The van der Waals surface area contributed by atoms with Crippen molar-refractivity contribution < 1.29 is 14.3 Å². The minimum absolute atomic E-state index is 0.237. The van der Waals surface area contributed by atoms with Crippen molar-refractivity contribution in [3.05, 3.63) is 24.2 Å². The molecule has 0 unspecified atom stereocenters. The number of hydrogen-bond acceptors (Lipinski definition) is 3. The fraction of sp³-hybridized carbons (Fsp3) is 0.545. The molecule has 0 aliphatic rings. The Morgan fingerprint density at radius 3 is 2.81 bits per heavy atom. The molecule has 0 saturated heterocycles. The molecule has 90 valence electrons. The second kappa shape index (κ2) is 5.03. The SMILES string of the molecule is CN(CC(C)(C)O)C(=O)NCc1ccco1. The van der Waals surface area contributed by atoms with E-state index in [2.05, 4.69) is 5.32 Å². The summed E-state index contributed by atoms with van der Waals surface area (Å²) in [5.41, 5.74) is -0.892. The zero-order valence-electron chi connectivity index (χ0n) is 9.86. The number of nitrogens with zero attached hydrogens (tertiary/aromatic N) is 1. The lowest BCUT2D eigenvalue weighted by Crippen LogP contribution is -2.44. The van der Waals surface area contributed by atoms with Crippen LogP contribution in [0.1, 0.15) is 19.6 Å². The molecule has 2 N–H and O–H groups in total. The first kappa shape index (κ1) is 12.6. The molecule has 0 aromatic carbocycles. The van der Waals surface area contributed by atoms with Crippen molar-refractivity contribution in [2.45, 2.75) is 26.0 Å². The average Bonchev–Trinajstić information content (AvgIpc) is 2.63. The van der Waals surface area contributed by atoms with Crippen LogP contribution >= 0.6 is 0 Å². The first-order chi connectivity index (χ1) is 7.38. The van der Waals surface area contributed by atoms with Crippen LogP contribution in [0.3, 0.4) is 0 Å². The van der Waals surface area contributed by atoms with Gasteiger partial charge >= 0.3 is 6.03 Å². The lowest BCUT2D eigenvalue weighted by atomic mass is 10.1. The van der Waals surface area contributed by atoms with E-state index in [1.807, 2.05) is 0 Å². The number of rotatable bonds is 4. The molecule has 0 spiro atoms. The molecular formula is C11H18N2O3. The van der Waals surface area contributed by atoms with Crippen LogP contribution in [0.5, 0.6) is 0 Å². The summed E-state index contributed by atoms with van der Waals surface area (Å²) in [5, 5.41) is 12.2. The lowest BCUT2D eigenvalue weighted by Gasteiger charge is -2.25. The predicted molar refractivity (Wildman–Crippen MR) is 59.9 cm³/mol. The van der Waals surface area contributed by atoms with Crippen LogP contribution in [-0.2, 0) is 6.54 Å². The van der Waals surface area contributed by atoms with Gasteiger partial charge in [0.2, 0.25) is 0 Å². The number of nitrogens with one attached hydrogen (secondary N) is 1. The van der Waals surface area contributed by atoms with Gasteiger partial charge < -0.3 is 19.7 Å². The van der Waals surface area contributed by atoms with E-state index in [1.54, 1.807) is 39.3 Å². The summed E-state index contributed by atoms with van der Waals surface area (Å²) in [6, 6.07) is 3.32. The highest BCUT2D eigenvalue weighted by Crippen LogP contribution is 2.04. The molecule has 0 saturated carbocycles. The van der Waals surface area contributed by atoms with Crippen molar-refractivity contribution >= 4 is 6.03 Å². The van der Waals surface area contributed by atoms with Crippen LogP contribution in [0.15, 0.2) is 22.8 Å². The first-order valence-electron chi connectivity index (χ1n) is 5.12. The number of likely N-dealkylation sites (N-methyl/N-ethyl adjacent to an activating group) is 1. The summed E-state index contributed by atoms with van der Waals surface area (Å²) < 4.78 is 5.08. The van der Waals surface area contributed by atoms with Crippen molar-refractivity contribution in [1.29, 1.82) is 0 Å². The van der Waals surface area contributed by atoms with Gasteiger partial charge in [-0.25, -0.2) is 4.79 Å². The van der Waals surface area contributed by atoms with Crippen molar-refractivity contribution in [2.24, 2.45) is 0 Å². The quantitative estimate of drug-likeness (QED) is 0.810. The molecule has 0 radical (unpaired) electrons. The van der Waals surface area contributed by atoms with E-state index in [-0.39, 0.29) is 12.6 Å². The Kier molecular flexibility index (Phi) is 3.95. The Labute approximate surface area is 95.0 Å². The minimum atomic E-state index is -0.892. The molecule has 0 bridgehead atoms. The molecule has 1 aromatic heterocycles. The zero-order chi connectivity index (χ0) is 12.2. The largest absolute Gasteiger partial charge is 0.467 e. The topological polar surface area (TPSA) is 65.7 Å². The molecule has 16 heavy (non-hydrogen) atoms. The van der Waals surface area contributed by atoms with Crippen LogP contribution in [0.25, 0.3) is 0 Å². The van der Waals surface area contributed by atoms with Gasteiger partial charge in [0.1, 0.15) is 5.76 Å². The van der Waals surface area contributed by atoms with E-state index in [0.717, 1.165) is 0 Å². The molecule has 1 aromatic rings. The molecular weight excluding hydrogens is 208 g/mol. The molecule has 0 atom stereocenters. The van der Waals surface area contributed by atoms with Crippen LogP contribution < -0.4 is 5.32 Å². The normalized spacial score (nSPS) is 11.2. The van der Waals surface area contributed by atoms with Crippen molar-refractivity contribution in [3.8, 4) is 0 Å². The van der Waals surface area contributed by atoms with Gasteiger partial charge in [0.15, 0.2) is 0 Å². The van der Waals surface area contributed by atoms with Gasteiger partial charge in [0, 0.05) is 7.05 Å². The maximum absolute atomic E-state index is 11.6. The predicted octanol–water partition coefficient (Wildman–Crippen LogP) is 1.19. The molecule has 1 rings (SSSR count). The Balaban J connectivity index is 2.35. The van der Waals surface area contributed by atoms with Crippen LogP contribution in [-0.4, -0.2) is 35.2 Å². The smallest absolute Gasteiger partial charge is 0.317 e. The number of carbonyl (C=O) groups is 1. The zero-order valence-corrected chi connectivity index (χ0v) is 9.86. The fourth-order valence-electron chi connectivity index (χ4n) is 1.36. The van der Waals surface area contributed by atoms with Gasteiger partial charge in [-0.05, 0) is 26.0 Å². The second-order valence-corrected chi connectivity index (χ2v) is 4.41. The lowest BCUT2D eigenvalue weighted by molar-refractivity contribution is 0.0531. The Hall–Kier alpha value is -1.49. The third kappa shape index (κ3) is 4.35. The highest BCUT2D eigenvalue weighted by molar-refractivity contribution is 5.73. The van der Waals surface area contributed by atoms with Gasteiger partial charge in [0.25, 0.3) is 0 Å². The average molecular weight is 226 g/mol. The maximum Gasteiger partial charge on any atom is 0.317 e. The highest BCUT2D eigenvalue weighted by atomic mass is 16.3. The summed E-state index contributed by atoms with van der Waals surface area (Å²) in [6.45, 7) is 3.94. The third-order valence-corrected chi connectivity index (χ3v) is 1.96. The summed E-state index contributed by atoms with van der Waals surface area (Å²) in [7, 11) is 1.63. The Bertz CT molecular complexity index is 327. The Morgan fingerprint density at radius 1 is 1.62 bits per heavy atom. The third-order valence-electron chi connectivity index (χ3n) is 1.96. The summed E-state index contributed by atoms with van der Waals surface area (Å²) in [5.74, 6) is 0.699. The summed E-state index contributed by atoms with van der Waals surface area (Å²) in [6.07, 6.45) is 1.56. The van der Waals surface area contributed by atoms with Gasteiger partial charge in [-0.15, -0.1) is 0 Å². The van der Waals surface area contributed by atoms with E-state index >= 15 is 0 Å². The molecule has 5 nitrogen and oxygen atoms in total. The number of furan rings is 1. The number of urea groups is 1. The van der Waals surface area contributed by atoms with Crippen LogP contribution in [0, 0.1) is 0 Å². The highest BCUT2D eigenvalue weighted by Gasteiger charge is 2.19. The van der Waals surface area contributed by atoms with Crippen molar-refractivity contribution in [1.82, 2.24) is 10.2 Å². The van der Waals surface area contributed by atoms with Crippen LogP contribution in [0.4, 0.5) is 4.79 Å². The fourth-order valence-corrected chi connectivity index (χ4v) is 1.36. The van der Waals surface area contributed by atoms with Gasteiger partial charge in [-0.1, -0.05) is 0 Å². The van der Waals surface area contributed by atoms with E-state index < -0.39 is 5.60 Å². The second-order valence-electron chi connectivity index (χ2n) is 4.41.